The van der Waals surface area contributed by atoms with Crippen molar-refractivity contribution in [2.75, 3.05) is 12.3 Å². The lowest BCUT2D eigenvalue weighted by Gasteiger charge is -2.07. The van der Waals surface area contributed by atoms with Crippen LogP contribution >= 0.6 is 11.8 Å². The monoisotopic (exact) mass is 340 g/mol. The van der Waals surface area contributed by atoms with Gasteiger partial charge in [0.15, 0.2) is 0 Å². The molecule has 3 aromatic rings. The third-order valence-corrected chi connectivity index (χ3v) is 4.75. The molecule has 1 amide bonds. The quantitative estimate of drug-likeness (QED) is 0.641. The molecule has 3 rings (SSSR count). The number of carbonyl (C=O) groups is 1. The van der Waals surface area contributed by atoms with Crippen molar-refractivity contribution in [2.45, 2.75) is 18.7 Å². The molecule has 0 aliphatic carbocycles. The van der Waals surface area contributed by atoms with E-state index in [1.54, 1.807) is 11.0 Å². The van der Waals surface area contributed by atoms with Gasteiger partial charge in [0, 0.05) is 24.5 Å². The summed E-state index contributed by atoms with van der Waals surface area (Å²) in [6.07, 6.45) is 3.52. The summed E-state index contributed by atoms with van der Waals surface area (Å²) in [7, 11) is 0. The molecule has 1 heterocycles. The van der Waals surface area contributed by atoms with Crippen LogP contribution in [0.15, 0.2) is 55.1 Å². The largest absolute Gasteiger partial charge is 0.355 e. The molecule has 0 aliphatic rings. The van der Waals surface area contributed by atoms with E-state index in [1.807, 2.05) is 11.8 Å². The van der Waals surface area contributed by atoms with Gasteiger partial charge in [0.2, 0.25) is 5.91 Å². The Labute approximate surface area is 145 Å². The lowest BCUT2D eigenvalue weighted by Crippen LogP contribution is -2.26. The molecular formula is C18H20N4OS. The highest BCUT2D eigenvalue weighted by atomic mass is 32.2. The lowest BCUT2D eigenvalue weighted by atomic mass is 10.1. The SMILES string of the molecule is O=C(CCn1cncn1)NCCSCc1cccc2ccccc12. The second kappa shape index (κ2) is 8.49. The first-order valence-corrected chi connectivity index (χ1v) is 9.12. The Kier molecular flexibility index (Phi) is 5.85. The van der Waals surface area contributed by atoms with Crippen LogP contribution in [0.5, 0.6) is 0 Å². The number of hydrogen-bond acceptors (Lipinski definition) is 4. The molecule has 124 valence electrons. The van der Waals surface area contributed by atoms with E-state index in [9.17, 15) is 4.79 Å². The highest BCUT2D eigenvalue weighted by molar-refractivity contribution is 7.98. The van der Waals surface area contributed by atoms with Crippen LogP contribution in [-0.2, 0) is 17.1 Å². The van der Waals surface area contributed by atoms with Crippen molar-refractivity contribution < 1.29 is 4.79 Å². The Morgan fingerprint density at radius 3 is 2.92 bits per heavy atom. The van der Waals surface area contributed by atoms with E-state index in [4.69, 9.17) is 0 Å². The second-order valence-electron chi connectivity index (χ2n) is 5.45. The topological polar surface area (TPSA) is 59.8 Å². The molecule has 1 N–H and O–H groups in total. The third kappa shape index (κ3) is 4.58. The summed E-state index contributed by atoms with van der Waals surface area (Å²) in [4.78, 5) is 15.6. The normalized spacial score (nSPS) is 10.8. The predicted molar refractivity (Wildman–Crippen MR) is 97.8 cm³/mol. The summed E-state index contributed by atoms with van der Waals surface area (Å²) in [5.41, 5.74) is 1.34. The average molecular weight is 340 g/mol. The van der Waals surface area contributed by atoms with Crippen LogP contribution in [-0.4, -0.2) is 33.0 Å². The van der Waals surface area contributed by atoms with Gasteiger partial charge < -0.3 is 5.32 Å². The van der Waals surface area contributed by atoms with Crippen LogP contribution < -0.4 is 5.32 Å². The number of amides is 1. The Balaban J connectivity index is 1.37. The molecule has 0 fully saturated rings. The van der Waals surface area contributed by atoms with Gasteiger partial charge in [0.05, 0.1) is 6.54 Å². The number of nitrogens with one attached hydrogen (secondary N) is 1. The van der Waals surface area contributed by atoms with Crippen LogP contribution in [0.25, 0.3) is 10.8 Å². The van der Waals surface area contributed by atoms with E-state index in [0.29, 0.717) is 19.5 Å². The van der Waals surface area contributed by atoms with Crippen LogP contribution in [0.4, 0.5) is 0 Å². The van der Waals surface area contributed by atoms with Gasteiger partial charge in [-0.15, -0.1) is 0 Å². The molecule has 24 heavy (non-hydrogen) atoms. The summed E-state index contributed by atoms with van der Waals surface area (Å²) in [6.45, 7) is 1.25. The molecule has 0 radical (unpaired) electrons. The zero-order valence-corrected chi connectivity index (χ0v) is 14.2. The number of carbonyl (C=O) groups excluding carboxylic acids is 1. The van der Waals surface area contributed by atoms with E-state index in [-0.39, 0.29) is 5.91 Å². The molecule has 0 saturated heterocycles. The first-order chi connectivity index (χ1) is 11.8. The summed E-state index contributed by atoms with van der Waals surface area (Å²) in [6, 6.07) is 14.9. The van der Waals surface area contributed by atoms with Crippen molar-refractivity contribution in [2.24, 2.45) is 0 Å². The zero-order chi connectivity index (χ0) is 16.6. The maximum atomic E-state index is 11.8. The second-order valence-corrected chi connectivity index (χ2v) is 6.55. The molecule has 1 aromatic heterocycles. The minimum atomic E-state index is 0.0521. The van der Waals surface area contributed by atoms with E-state index in [0.717, 1.165) is 11.5 Å². The molecular weight excluding hydrogens is 320 g/mol. The number of thioether (sulfide) groups is 1. The molecule has 5 nitrogen and oxygen atoms in total. The number of nitrogens with zero attached hydrogens (tertiary/aromatic N) is 3. The van der Waals surface area contributed by atoms with Crippen molar-refractivity contribution in [1.82, 2.24) is 20.1 Å². The van der Waals surface area contributed by atoms with Crippen LogP contribution in [0.2, 0.25) is 0 Å². The van der Waals surface area contributed by atoms with Crippen molar-refractivity contribution in [3.05, 3.63) is 60.7 Å². The smallest absolute Gasteiger partial charge is 0.221 e. The van der Waals surface area contributed by atoms with Gasteiger partial charge in [-0.3, -0.25) is 9.48 Å². The number of rotatable bonds is 8. The molecule has 0 atom stereocenters. The zero-order valence-electron chi connectivity index (χ0n) is 13.4. The summed E-state index contributed by atoms with van der Waals surface area (Å²) in [5, 5.41) is 9.51. The summed E-state index contributed by atoms with van der Waals surface area (Å²) < 4.78 is 1.66. The first kappa shape index (κ1) is 16.5. The molecule has 0 spiro atoms. The molecule has 6 heteroatoms. The van der Waals surface area contributed by atoms with Gasteiger partial charge >= 0.3 is 0 Å². The maximum Gasteiger partial charge on any atom is 0.221 e. The Morgan fingerprint density at radius 1 is 1.17 bits per heavy atom. The van der Waals surface area contributed by atoms with E-state index < -0.39 is 0 Å². The minimum Gasteiger partial charge on any atom is -0.355 e. The fraction of sp³-hybridized carbons (Fsp3) is 0.278. The molecule has 0 bridgehead atoms. The highest BCUT2D eigenvalue weighted by Crippen LogP contribution is 2.22. The number of hydrogen-bond donors (Lipinski definition) is 1. The molecule has 0 saturated carbocycles. The number of aryl methyl sites for hydroxylation is 1. The van der Waals surface area contributed by atoms with Gasteiger partial charge in [0.25, 0.3) is 0 Å². The van der Waals surface area contributed by atoms with Gasteiger partial charge in [-0.25, -0.2) is 4.98 Å². The molecule has 0 unspecified atom stereocenters. The fourth-order valence-electron chi connectivity index (χ4n) is 2.52. The van der Waals surface area contributed by atoms with Gasteiger partial charge in [0.1, 0.15) is 12.7 Å². The molecule has 0 aliphatic heterocycles. The third-order valence-electron chi connectivity index (χ3n) is 3.74. The van der Waals surface area contributed by atoms with Gasteiger partial charge in [-0.2, -0.15) is 16.9 Å². The Hall–Kier alpha value is -2.34. The highest BCUT2D eigenvalue weighted by Gasteiger charge is 2.03. The number of benzene rings is 2. The van der Waals surface area contributed by atoms with Gasteiger partial charge in [-0.05, 0) is 16.3 Å². The van der Waals surface area contributed by atoms with Crippen molar-refractivity contribution in [1.29, 1.82) is 0 Å². The standard InChI is InChI=1S/C18H20N4OS/c23-18(8-10-22-14-19-13-21-22)20-9-11-24-12-16-6-3-5-15-4-1-2-7-17(15)16/h1-7,13-14H,8-12H2,(H,20,23). The average Bonchev–Trinajstić information content (AvgIpc) is 3.13. The summed E-state index contributed by atoms with van der Waals surface area (Å²) in [5.74, 6) is 1.91. The van der Waals surface area contributed by atoms with E-state index in [1.165, 1.54) is 22.7 Å². The van der Waals surface area contributed by atoms with Crippen molar-refractivity contribution >= 4 is 28.4 Å². The predicted octanol–water partition coefficient (Wildman–Crippen LogP) is 2.87. The summed E-state index contributed by atoms with van der Waals surface area (Å²) >= 11 is 1.84. The number of aromatic nitrogens is 3. The van der Waals surface area contributed by atoms with Crippen LogP contribution in [0, 0.1) is 0 Å². The van der Waals surface area contributed by atoms with Crippen molar-refractivity contribution in [3.63, 3.8) is 0 Å². The van der Waals surface area contributed by atoms with Crippen molar-refractivity contribution in [3.8, 4) is 0 Å². The first-order valence-electron chi connectivity index (χ1n) is 7.96. The maximum absolute atomic E-state index is 11.8. The molecule has 2 aromatic carbocycles. The van der Waals surface area contributed by atoms with Gasteiger partial charge in [-0.1, -0.05) is 42.5 Å². The van der Waals surface area contributed by atoms with E-state index >= 15 is 0 Å². The Bertz CT molecular complexity index is 783. The lowest BCUT2D eigenvalue weighted by molar-refractivity contribution is -0.121. The number of fused-ring (bicyclic) bond motifs is 1. The van der Waals surface area contributed by atoms with Crippen LogP contribution in [0.1, 0.15) is 12.0 Å². The van der Waals surface area contributed by atoms with Crippen LogP contribution in [0.3, 0.4) is 0 Å². The Morgan fingerprint density at radius 2 is 2.04 bits per heavy atom. The minimum absolute atomic E-state index is 0.0521. The fourth-order valence-corrected chi connectivity index (χ4v) is 3.38. The van der Waals surface area contributed by atoms with E-state index in [2.05, 4.69) is 57.9 Å².